The lowest BCUT2D eigenvalue weighted by Crippen LogP contribution is -2.21. The molecule has 0 aromatic heterocycles. The Labute approximate surface area is 98.9 Å². The number of aryl methyl sites for hydroxylation is 1. The summed E-state index contributed by atoms with van der Waals surface area (Å²) >= 11 is 0. The molecule has 1 aromatic rings. The van der Waals surface area contributed by atoms with E-state index in [1.807, 2.05) is 6.92 Å². The van der Waals surface area contributed by atoms with Crippen LogP contribution in [0.15, 0.2) is 24.3 Å². The van der Waals surface area contributed by atoms with Crippen LogP contribution in [0.4, 0.5) is 5.69 Å². The largest absolute Gasteiger partial charge is 0.393 e. The predicted octanol–water partition coefficient (Wildman–Crippen LogP) is 2.85. The third-order valence-electron chi connectivity index (χ3n) is 2.92. The molecule has 0 amide bonds. The van der Waals surface area contributed by atoms with E-state index in [2.05, 4.69) is 43.0 Å². The van der Waals surface area contributed by atoms with E-state index in [9.17, 15) is 5.11 Å². The van der Waals surface area contributed by atoms with Crippen LogP contribution in [0.1, 0.15) is 32.8 Å². The van der Waals surface area contributed by atoms with E-state index >= 15 is 0 Å². The quantitative estimate of drug-likeness (QED) is 0.798. The minimum absolute atomic E-state index is 0.206. The zero-order chi connectivity index (χ0) is 12.0. The van der Waals surface area contributed by atoms with Crippen molar-refractivity contribution < 1.29 is 5.11 Å². The maximum absolute atomic E-state index is 9.22. The molecule has 0 bridgehead atoms. The molecule has 0 saturated carbocycles. The summed E-state index contributed by atoms with van der Waals surface area (Å²) in [4.78, 5) is 2.33. The van der Waals surface area contributed by atoms with Gasteiger partial charge in [0.15, 0.2) is 0 Å². The number of nitrogens with zero attached hydrogens (tertiary/aromatic N) is 1. The summed E-state index contributed by atoms with van der Waals surface area (Å²) < 4.78 is 0. The molecule has 16 heavy (non-hydrogen) atoms. The van der Waals surface area contributed by atoms with Crippen molar-refractivity contribution in [2.24, 2.45) is 0 Å². The number of rotatable bonds is 6. The third-order valence-corrected chi connectivity index (χ3v) is 2.92. The fraction of sp³-hybridized carbons (Fsp3) is 0.571. The SMILES string of the molecule is CCN(CC)c1ccc(CC[C@@H](C)O)cc1. The van der Waals surface area contributed by atoms with Crippen LogP contribution >= 0.6 is 0 Å². The van der Waals surface area contributed by atoms with E-state index in [0.29, 0.717) is 0 Å². The molecular weight excluding hydrogens is 198 g/mol. The Bertz CT molecular complexity index is 288. The lowest BCUT2D eigenvalue weighted by Gasteiger charge is -2.21. The van der Waals surface area contributed by atoms with Gasteiger partial charge in [-0.1, -0.05) is 12.1 Å². The van der Waals surface area contributed by atoms with Gasteiger partial charge in [-0.05, 0) is 51.3 Å². The van der Waals surface area contributed by atoms with E-state index < -0.39 is 0 Å². The van der Waals surface area contributed by atoms with Crippen LogP contribution in [0.3, 0.4) is 0 Å². The lowest BCUT2D eigenvalue weighted by atomic mass is 10.1. The normalized spacial score (nSPS) is 12.5. The van der Waals surface area contributed by atoms with E-state index in [1.165, 1.54) is 11.3 Å². The Balaban J connectivity index is 2.60. The molecule has 0 aliphatic carbocycles. The highest BCUT2D eigenvalue weighted by Gasteiger charge is 2.02. The lowest BCUT2D eigenvalue weighted by molar-refractivity contribution is 0.185. The van der Waals surface area contributed by atoms with Gasteiger partial charge in [0, 0.05) is 18.8 Å². The minimum Gasteiger partial charge on any atom is -0.393 e. The molecule has 0 aliphatic heterocycles. The highest BCUT2D eigenvalue weighted by atomic mass is 16.3. The smallest absolute Gasteiger partial charge is 0.0515 e. The maximum atomic E-state index is 9.22. The molecule has 0 spiro atoms. The molecule has 0 heterocycles. The van der Waals surface area contributed by atoms with E-state index in [4.69, 9.17) is 0 Å². The summed E-state index contributed by atoms with van der Waals surface area (Å²) in [5.74, 6) is 0. The van der Waals surface area contributed by atoms with Gasteiger partial charge >= 0.3 is 0 Å². The van der Waals surface area contributed by atoms with Crippen LogP contribution < -0.4 is 4.90 Å². The second-order valence-corrected chi connectivity index (χ2v) is 4.23. The maximum Gasteiger partial charge on any atom is 0.0515 e. The second-order valence-electron chi connectivity index (χ2n) is 4.23. The van der Waals surface area contributed by atoms with Gasteiger partial charge in [-0.25, -0.2) is 0 Å². The van der Waals surface area contributed by atoms with Crippen molar-refractivity contribution in [2.75, 3.05) is 18.0 Å². The topological polar surface area (TPSA) is 23.5 Å². The average Bonchev–Trinajstić information content (AvgIpc) is 2.29. The number of benzene rings is 1. The van der Waals surface area contributed by atoms with Crippen LogP contribution in [0.2, 0.25) is 0 Å². The van der Waals surface area contributed by atoms with Crippen LogP contribution in [-0.4, -0.2) is 24.3 Å². The summed E-state index contributed by atoms with van der Waals surface area (Å²) in [6.45, 7) is 8.27. The summed E-state index contributed by atoms with van der Waals surface area (Å²) in [5, 5.41) is 9.22. The molecule has 0 radical (unpaired) electrons. The van der Waals surface area contributed by atoms with Gasteiger partial charge in [-0.2, -0.15) is 0 Å². The standard InChI is InChI=1S/C14H23NO/c1-4-15(5-2)14-10-8-13(9-11-14)7-6-12(3)16/h8-12,16H,4-7H2,1-3H3/t12-/m1/s1. The molecule has 2 heteroatoms. The summed E-state index contributed by atoms with van der Waals surface area (Å²) in [6, 6.07) is 8.67. The van der Waals surface area contributed by atoms with Crippen molar-refractivity contribution in [2.45, 2.75) is 39.7 Å². The summed E-state index contributed by atoms with van der Waals surface area (Å²) in [7, 11) is 0. The first-order valence-corrected chi connectivity index (χ1v) is 6.19. The summed E-state index contributed by atoms with van der Waals surface area (Å²) in [6.07, 6.45) is 1.59. The van der Waals surface area contributed by atoms with Gasteiger partial charge in [0.25, 0.3) is 0 Å². The van der Waals surface area contributed by atoms with Crippen molar-refractivity contribution >= 4 is 5.69 Å². The fourth-order valence-electron chi connectivity index (χ4n) is 1.84. The second kappa shape index (κ2) is 6.54. The number of aliphatic hydroxyl groups is 1. The molecule has 0 aliphatic rings. The zero-order valence-corrected chi connectivity index (χ0v) is 10.6. The van der Waals surface area contributed by atoms with Crippen molar-refractivity contribution in [1.29, 1.82) is 0 Å². The number of hydrogen-bond donors (Lipinski definition) is 1. The molecule has 1 rings (SSSR count). The Hall–Kier alpha value is -1.02. The molecule has 0 saturated heterocycles. The first-order valence-electron chi connectivity index (χ1n) is 6.19. The van der Waals surface area contributed by atoms with Crippen LogP contribution in [0.25, 0.3) is 0 Å². The first kappa shape index (κ1) is 13.0. The monoisotopic (exact) mass is 221 g/mol. The zero-order valence-electron chi connectivity index (χ0n) is 10.6. The molecule has 0 fully saturated rings. The number of hydrogen-bond acceptors (Lipinski definition) is 2. The fourth-order valence-corrected chi connectivity index (χ4v) is 1.84. The summed E-state index contributed by atoms with van der Waals surface area (Å²) in [5.41, 5.74) is 2.59. The van der Waals surface area contributed by atoms with Crippen LogP contribution in [0.5, 0.6) is 0 Å². The van der Waals surface area contributed by atoms with E-state index in [1.54, 1.807) is 0 Å². The third kappa shape index (κ3) is 3.86. The predicted molar refractivity (Wildman–Crippen MR) is 70.0 cm³/mol. The molecular formula is C14H23NO. The van der Waals surface area contributed by atoms with Crippen molar-refractivity contribution in [1.82, 2.24) is 0 Å². The van der Waals surface area contributed by atoms with Crippen molar-refractivity contribution in [3.05, 3.63) is 29.8 Å². The molecule has 90 valence electrons. The first-order chi connectivity index (χ1) is 7.67. The highest BCUT2D eigenvalue weighted by Crippen LogP contribution is 2.16. The highest BCUT2D eigenvalue weighted by molar-refractivity contribution is 5.47. The van der Waals surface area contributed by atoms with Gasteiger partial charge in [0.1, 0.15) is 0 Å². The van der Waals surface area contributed by atoms with E-state index in [-0.39, 0.29) is 6.10 Å². The molecule has 1 aromatic carbocycles. The molecule has 0 unspecified atom stereocenters. The number of anilines is 1. The minimum atomic E-state index is -0.206. The van der Waals surface area contributed by atoms with Gasteiger partial charge in [0.05, 0.1) is 6.10 Å². The Kier molecular flexibility index (Phi) is 5.33. The molecule has 2 nitrogen and oxygen atoms in total. The van der Waals surface area contributed by atoms with Crippen LogP contribution in [-0.2, 0) is 6.42 Å². The van der Waals surface area contributed by atoms with Crippen LogP contribution in [0, 0.1) is 0 Å². The average molecular weight is 221 g/mol. The van der Waals surface area contributed by atoms with Crippen molar-refractivity contribution in [3.63, 3.8) is 0 Å². The Morgan fingerprint density at radius 3 is 2.12 bits per heavy atom. The van der Waals surface area contributed by atoms with Gasteiger partial charge in [-0.15, -0.1) is 0 Å². The van der Waals surface area contributed by atoms with Gasteiger partial charge < -0.3 is 10.0 Å². The Morgan fingerprint density at radius 1 is 1.12 bits per heavy atom. The Morgan fingerprint density at radius 2 is 1.69 bits per heavy atom. The molecule has 1 atom stereocenters. The van der Waals surface area contributed by atoms with E-state index in [0.717, 1.165) is 25.9 Å². The van der Waals surface area contributed by atoms with Gasteiger partial charge in [-0.3, -0.25) is 0 Å². The van der Waals surface area contributed by atoms with Crippen molar-refractivity contribution in [3.8, 4) is 0 Å². The number of aliphatic hydroxyl groups excluding tert-OH is 1. The molecule has 1 N–H and O–H groups in total. The van der Waals surface area contributed by atoms with Gasteiger partial charge in [0.2, 0.25) is 0 Å².